The van der Waals surface area contributed by atoms with Crippen LogP contribution in [0.4, 0.5) is 0 Å². The summed E-state index contributed by atoms with van der Waals surface area (Å²) < 4.78 is 0. The third kappa shape index (κ3) is 4.66. The van der Waals surface area contributed by atoms with Gasteiger partial charge in [0.1, 0.15) is 0 Å². The lowest BCUT2D eigenvalue weighted by Crippen LogP contribution is -2.33. The van der Waals surface area contributed by atoms with Gasteiger partial charge >= 0.3 is 0 Å². The Bertz CT molecular complexity index is 503. The van der Waals surface area contributed by atoms with Gasteiger partial charge in [-0.3, -0.25) is 0 Å². The maximum absolute atomic E-state index is 6.07. The summed E-state index contributed by atoms with van der Waals surface area (Å²) in [6, 6.07) is 17.3. The number of rotatable bonds is 6. The zero-order valence-corrected chi connectivity index (χ0v) is 13.0. The largest absolute Gasteiger partial charge is 0.314 e. The monoisotopic (exact) mass is 287 g/mol. The van der Waals surface area contributed by atoms with Crippen LogP contribution in [0.15, 0.2) is 48.5 Å². The average Bonchev–Trinajstić information content (AvgIpc) is 2.39. The molecule has 0 aromatic heterocycles. The molecule has 0 amide bonds. The van der Waals surface area contributed by atoms with Crippen LogP contribution in [-0.4, -0.2) is 12.6 Å². The fourth-order valence-corrected chi connectivity index (χ4v) is 2.79. The molecule has 0 fully saturated rings. The fourth-order valence-electron chi connectivity index (χ4n) is 2.58. The lowest BCUT2D eigenvalue weighted by atomic mass is 9.98. The lowest BCUT2D eigenvalue weighted by Gasteiger charge is -2.18. The molecule has 1 unspecified atom stereocenters. The maximum Gasteiger partial charge on any atom is 0.0408 e. The fraction of sp³-hybridized carbons (Fsp3) is 0.333. The van der Waals surface area contributed by atoms with Gasteiger partial charge in [-0.2, -0.15) is 0 Å². The van der Waals surface area contributed by atoms with E-state index in [1.165, 1.54) is 16.7 Å². The second-order valence-electron chi connectivity index (χ2n) is 5.28. The predicted molar refractivity (Wildman–Crippen MR) is 87.5 cm³/mol. The highest BCUT2D eigenvalue weighted by molar-refractivity contribution is 6.30. The molecule has 0 aliphatic carbocycles. The molecule has 1 N–H and O–H groups in total. The first-order valence-electron chi connectivity index (χ1n) is 7.20. The van der Waals surface area contributed by atoms with Gasteiger partial charge in [0.2, 0.25) is 0 Å². The van der Waals surface area contributed by atoms with Gasteiger partial charge in [-0.05, 0) is 49.6 Å². The molecule has 2 rings (SSSR count). The van der Waals surface area contributed by atoms with Gasteiger partial charge in [0.05, 0.1) is 0 Å². The molecule has 0 saturated carbocycles. The number of hydrogen-bond donors (Lipinski definition) is 1. The minimum atomic E-state index is 0.445. The summed E-state index contributed by atoms with van der Waals surface area (Å²) in [5, 5.41) is 4.39. The summed E-state index contributed by atoms with van der Waals surface area (Å²) in [6.07, 6.45) is 2.05. The molecule has 0 heterocycles. The van der Waals surface area contributed by atoms with Crippen molar-refractivity contribution in [2.75, 3.05) is 6.54 Å². The topological polar surface area (TPSA) is 12.0 Å². The molecule has 1 atom stereocenters. The number of halogens is 1. The molecule has 0 bridgehead atoms. The average molecular weight is 288 g/mol. The number of nitrogens with one attached hydrogen (secondary N) is 1. The summed E-state index contributed by atoms with van der Waals surface area (Å²) in [6.45, 7) is 5.28. The van der Waals surface area contributed by atoms with Gasteiger partial charge < -0.3 is 5.32 Å². The van der Waals surface area contributed by atoms with E-state index in [-0.39, 0.29) is 0 Å². The molecule has 0 aliphatic heterocycles. The first-order chi connectivity index (χ1) is 9.67. The van der Waals surface area contributed by atoms with E-state index in [1.54, 1.807) is 0 Å². The minimum Gasteiger partial charge on any atom is -0.314 e. The van der Waals surface area contributed by atoms with E-state index in [1.807, 2.05) is 12.1 Å². The van der Waals surface area contributed by atoms with Crippen LogP contribution in [0.1, 0.15) is 23.6 Å². The van der Waals surface area contributed by atoms with Crippen molar-refractivity contribution in [2.45, 2.75) is 32.7 Å². The molecule has 20 heavy (non-hydrogen) atoms. The molecular formula is C18H22ClN. The minimum absolute atomic E-state index is 0.445. The van der Waals surface area contributed by atoms with Crippen molar-refractivity contribution in [2.24, 2.45) is 0 Å². The van der Waals surface area contributed by atoms with E-state index in [4.69, 9.17) is 11.6 Å². The Labute approximate surface area is 127 Å². The van der Waals surface area contributed by atoms with Crippen LogP contribution in [0.25, 0.3) is 0 Å². The Morgan fingerprint density at radius 2 is 1.65 bits per heavy atom. The van der Waals surface area contributed by atoms with Gasteiger partial charge in [-0.15, -0.1) is 0 Å². The van der Waals surface area contributed by atoms with E-state index in [2.05, 4.69) is 55.6 Å². The number of benzene rings is 2. The van der Waals surface area contributed by atoms with Crippen LogP contribution in [0.2, 0.25) is 5.02 Å². The lowest BCUT2D eigenvalue weighted by molar-refractivity contribution is 0.521. The van der Waals surface area contributed by atoms with Crippen molar-refractivity contribution < 1.29 is 0 Å². The van der Waals surface area contributed by atoms with E-state index in [0.717, 1.165) is 24.4 Å². The van der Waals surface area contributed by atoms with E-state index < -0.39 is 0 Å². The maximum atomic E-state index is 6.07. The van der Waals surface area contributed by atoms with Crippen molar-refractivity contribution in [3.05, 3.63) is 70.2 Å². The highest BCUT2D eigenvalue weighted by Gasteiger charge is 2.10. The van der Waals surface area contributed by atoms with E-state index >= 15 is 0 Å². The summed E-state index contributed by atoms with van der Waals surface area (Å²) >= 11 is 6.07. The Kier molecular flexibility index (Phi) is 5.63. The highest BCUT2D eigenvalue weighted by Crippen LogP contribution is 2.15. The van der Waals surface area contributed by atoms with Crippen LogP contribution in [-0.2, 0) is 12.8 Å². The van der Waals surface area contributed by atoms with Crippen LogP contribution in [0.3, 0.4) is 0 Å². The normalized spacial score (nSPS) is 12.3. The smallest absolute Gasteiger partial charge is 0.0408 e. The summed E-state index contributed by atoms with van der Waals surface area (Å²) in [5.41, 5.74) is 3.99. The first-order valence-corrected chi connectivity index (χ1v) is 7.58. The molecule has 0 spiro atoms. The van der Waals surface area contributed by atoms with Gasteiger partial charge in [0.25, 0.3) is 0 Å². The second-order valence-corrected chi connectivity index (χ2v) is 5.72. The van der Waals surface area contributed by atoms with E-state index in [9.17, 15) is 0 Å². The summed E-state index contributed by atoms with van der Waals surface area (Å²) in [7, 11) is 0. The molecule has 0 aliphatic rings. The SMILES string of the molecule is CCNC(Cc1cccc(C)c1)Cc1cccc(Cl)c1. The number of hydrogen-bond acceptors (Lipinski definition) is 1. The highest BCUT2D eigenvalue weighted by atomic mass is 35.5. The Morgan fingerprint density at radius 3 is 2.25 bits per heavy atom. The van der Waals surface area contributed by atoms with Crippen molar-refractivity contribution in [1.82, 2.24) is 5.32 Å². The Balaban J connectivity index is 2.07. The molecule has 106 valence electrons. The number of likely N-dealkylation sites (N-methyl/N-ethyl adjacent to an activating group) is 1. The van der Waals surface area contributed by atoms with Gasteiger partial charge in [-0.25, -0.2) is 0 Å². The number of aryl methyl sites for hydroxylation is 1. The molecular weight excluding hydrogens is 266 g/mol. The van der Waals surface area contributed by atoms with Crippen molar-refractivity contribution in [1.29, 1.82) is 0 Å². The third-order valence-electron chi connectivity index (χ3n) is 3.43. The van der Waals surface area contributed by atoms with Crippen LogP contribution < -0.4 is 5.32 Å². The van der Waals surface area contributed by atoms with Crippen LogP contribution in [0, 0.1) is 6.92 Å². The molecule has 0 radical (unpaired) electrons. The molecule has 2 heteroatoms. The molecule has 2 aromatic carbocycles. The van der Waals surface area contributed by atoms with Crippen LogP contribution in [0.5, 0.6) is 0 Å². The molecule has 1 nitrogen and oxygen atoms in total. The summed E-state index contributed by atoms with van der Waals surface area (Å²) in [5.74, 6) is 0. The zero-order chi connectivity index (χ0) is 14.4. The summed E-state index contributed by atoms with van der Waals surface area (Å²) in [4.78, 5) is 0. The van der Waals surface area contributed by atoms with Gasteiger partial charge in [0.15, 0.2) is 0 Å². The quantitative estimate of drug-likeness (QED) is 0.830. The Hall–Kier alpha value is -1.31. The first kappa shape index (κ1) is 15.1. The van der Waals surface area contributed by atoms with Crippen LogP contribution >= 0.6 is 11.6 Å². The predicted octanol–water partition coefficient (Wildman–Crippen LogP) is 4.41. The van der Waals surface area contributed by atoms with Gasteiger partial charge in [-0.1, -0.05) is 60.5 Å². The van der Waals surface area contributed by atoms with Crippen molar-refractivity contribution in [3.63, 3.8) is 0 Å². The molecule has 2 aromatic rings. The van der Waals surface area contributed by atoms with Crippen molar-refractivity contribution in [3.8, 4) is 0 Å². The standard InChI is InChI=1S/C18H22ClN/c1-3-20-18(12-15-7-4-6-14(2)10-15)13-16-8-5-9-17(19)11-16/h4-11,18,20H,3,12-13H2,1-2H3. The molecule has 0 saturated heterocycles. The second kappa shape index (κ2) is 7.47. The Morgan fingerprint density at radius 1 is 1.00 bits per heavy atom. The third-order valence-corrected chi connectivity index (χ3v) is 3.66. The zero-order valence-electron chi connectivity index (χ0n) is 12.2. The van der Waals surface area contributed by atoms with E-state index in [0.29, 0.717) is 6.04 Å². The van der Waals surface area contributed by atoms with Crippen molar-refractivity contribution >= 4 is 11.6 Å². The van der Waals surface area contributed by atoms with Gasteiger partial charge in [0, 0.05) is 11.1 Å².